The molecular weight excluding hydrogens is 304 g/mol. The lowest BCUT2D eigenvalue weighted by Crippen LogP contribution is -2.55. The number of hydrogen-bond acceptors (Lipinski definition) is 3. The molecule has 0 bridgehead atoms. The first-order chi connectivity index (χ1) is 11.2. The summed E-state index contributed by atoms with van der Waals surface area (Å²) in [4.78, 5) is 26.2. The summed E-state index contributed by atoms with van der Waals surface area (Å²) in [7, 11) is 1.63. The van der Waals surface area contributed by atoms with E-state index in [9.17, 15) is 9.59 Å². The van der Waals surface area contributed by atoms with E-state index in [-0.39, 0.29) is 17.2 Å². The Morgan fingerprint density at radius 1 is 1.12 bits per heavy atom. The van der Waals surface area contributed by atoms with Gasteiger partial charge in [-0.15, -0.1) is 0 Å². The fraction of sp³-hybridized carbons (Fsp3) is 0.579. The maximum absolute atomic E-state index is 12.5. The number of piperidine rings is 1. The number of nitrogens with one attached hydrogen (secondary N) is 1. The Kier molecular flexibility index (Phi) is 5.21. The molecule has 0 aliphatic carbocycles. The first kappa shape index (κ1) is 18.3. The number of benzene rings is 1. The van der Waals surface area contributed by atoms with Crippen LogP contribution in [0, 0.1) is 5.41 Å². The van der Waals surface area contributed by atoms with E-state index in [0.29, 0.717) is 25.9 Å². The SMILES string of the molecule is COc1ccc(C2(NC(C)=O)CCN(C(=O)C(C)(C)C)CC2)cc1. The van der Waals surface area contributed by atoms with Crippen LogP contribution in [-0.2, 0) is 15.1 Å². The summed E-state index contributed by atoms with van der Waals surface area (Å²) in [6.45, 7) is 8.64. The van der Waals surface area contributed by atoms with Crippen LogP contribution in [0.5, 0.6) is 5.75 Å². The third-order valence-electron chi connectivity index (χ3n) is 4.60. The highest BCUT2D eigenvalue weighted by atomic mass is 16.5. The van der Waals surface area contributed by atoms with Crippen LogP contribution < -0.4 is 10.1 Å². The van der Waals surface area contributed by atoms with E-state index in [2.05, 4.69) is 5.32 Å². The highest BCUT2D eigenvalue weighted by Crippen LogP contribution is 2.35. The van der Waals surface area contributed by atoms with Crippen LogP contribution in [0.3, 0.4) is 0 Å². The van der Waals surface area contributed by atoms with E-state index in [0.717, 1.165) is 11.3 Å². The minimum Gasteiger partial charge on any atom is -0.497 e. The molecule has 0 saturated carbocycles. The van der Waals surface area contributed by atoms with Crippen molar-refractivity contribution in [1.82, 2.24) is 10.2 Å². The molecule has 5 nitrogen and oxygen atoms in total. The molecule has 0 aromatic heterocycles. The molecule has 0 spiro atoms. The summed E-state index contributed by atoms with van der Waals surface area (Å²) < 4.78 is 5.22. The normalized spacial score (nSPS) is 17.3. The molecule has 0 unspecified atom stereocenters. The van der Waals surface area contributed by atoms with Crippen molar-refractivity contribution in [3.63, 3.8) is 0 Å². The molecule has 5 heteroatoms. The topological polar surface area (TPSA) is 58.6 Å². The summed E-state index contributed by atoms with van der Waals surface area (Å²) in [5.74, 6) is 0.896. The van der Waals surface area contributed by atoms with Crippen molar-refractivity contribution in [2.75, 3.05) is 20.2 Å². The number of carbonyl (C=O) groups excluding carboxylic acids is 2. The van der Waals surface area contributed by atoms with E-state index < -0.39 is 5.54 Å². The van der Waals surface area contributed by atoms with E-state index in [1.165, 1.54) is 6.92 Å². The van der Waals surface area contributed by atoms with Crippen LogP contribution in [0.2, 0.25) is 0 Å². The fourth-order valence-electron chi connectivity index (χ4n) is 3.30. The second-order valence-electron chi connectivity index (χ2n) is 7.53. The van der Waals surface area contributed by atoms with Crippen LogP contribution in [0.25, 0.3) is 0 Å². The van der Waals surface area contributed by atoms with Gasteiger partial charge in [0.25, 0.3) is 0 Å². The zero-order valence-corrected chi connectivity index (χ0v) is 15.3. The number of amides is 2. The lowest BCUT2D eigenvalue weighted by Gasteiger charge is -2.44. The number of likely N-dealkylation sites (tertiary alicyclic amines) is 1. The monoisotopic (exact) mass is 332 g/mol. The minimum atomic E-state index is -0.424. The van der Waals surface area contributed by atoms with Gasteiger partial charge in [-0.2, -0.15) is 0 Å². The second kappa shape index (κ2) is 6.83. The number of methoxy groups -OCH3 is 1. The van der Waals surface area contributed by atoms with Crippen molar-refractivity contribution in [1.29, 1.82) is 0 Å². The van der Waals surface area contributed by atoms with Crippen LogP contribution in [0.1, 0.15) is 46.1 Å². The highest BCUT2D eigenvalue weighted by molar-refractivity contribution is 5.81. The Hall–Kier alpha value is -2.04. The van der Waals surface area contributed by atoms with Crippen LogP contribution in [0.15, 0.2) is 24.3 Å². The fourth-order valence-corrected chi connectivity index (χ4v) is 3.30. The van der Waals surface area contributed by atoms with Gasteiger partial charge in [-0.1, -0.05) is 32.9 Å². The zero-order valence-electron chi connectivity index (χ0n) is 15.3. The van der Waals surface area contributed by atoms with Crippen molar-refractivity contribution in [3.05, 3.63) is 29.8 Å². The third kappa shape index (κ3) is 3.89. The molecular formula is C19H28N2O3. The Bertz CT molecular complexity index is 594. The molecule has 2 amide bonds. The van der Waals surface area contributed by atoms with Gasteiger partial charge in [0.2, 0.25) is 11.8 Å². The predicted molar refractivity (Wildman–Crippen MR) is 93.8 cm³/mol. The molecule has 1 heterocycles. The van der Waals surface area contributed by atoms with Gasteiger partial charge in [0.15, 0.2) is 0 Å². The molecule has 0 radical (unpaired) electrons. The van der Waals surface area contributed by atoms with Gasteiger partial charge in [0.05, 0.1) is 12.6 Å². The van der Waals surface area contributed by atoms with Crippen molar-refractivity contribution in [3.8, 4) is 5.75 Å². The largest absolute Gasteiger partial charge is 0.497 e. The van der Waals surface area contributed by atoms with E-state index in [1.807, 2.05) is 49.9 Å². The summed E-state index contributed by atoms with van der Waals surface area (Å²) >= 11 is 0. The number of hydrogen-bond donors (Lipinski definition) is 1. The smallest absolute Gasteiger partial charge is 0.227 e. The third-order valence-corrected chi connectivity index (χ3v) is 4.60. The average Bonchev–Trinajstić information content (AvgIpc) is 2.53. The molecule has 132 valence electrons. The van der Waals surface area contributed by atoms with Gasteiger partial charge in [-0.3, -0.25) is 9.59 Å². The van der Waals surface area contributed by atoms with Gasteiger partial charge >= 0.3 is 0 Å². The lowest BCUT2D eigenvalue weighted by molar-refractivity contribution is -0.141. The Morgan fingerprint density at radius 2 is 1.67 bits per heavy atom. The quantitative estimate of drug-likeness (QED) is 0.926. The predicted octanol–water partition coefficient (Wildman–Crippen LogP) is 2.70. The summed E-state index contributed by atoms with van der Waals surface area (Å²) in [5.41, 5.74) is 0.252. The van der Waals surface area contributed by atoms with Gasteiger partial charge in [0.1, 0.15) is 5.75 Å². The number of rotatable bonds is 3. The average molecular weight is 332 g/mol. The minimum absolute atomic E-state index is 0.0542. The highest BCUT2D eigenvalue weighted by Gasteiger charge is 2.39. The number of nitrogens with zero attached hydrogens (tertiary/aromatic N) is 1. The maximum atomic E-state index is 12.5. The van der Waals surface area contributed by atoms with Gasteiger partial charge in [-0.05, 0) is 30.5 Å². The molecule has 1 aromatic carbocycles. The molecule has 0 atom stereocenters. The standard InChI is InChI=1S/C19H28N2O3/c1-14(22)20-19(15-6-8-16(24-5)9-7-15)10-12-21(13-11-19)17(23)18(2,3)4/h6-9H,10-13H2,1-5H3,(H,20,22). The van der Waals surface area contributed by atoms with E-state index in [4.69, 9.17) is 4.74 Å². The Balaban J connectivity index is 2.22. The molecule has 1 aromatic rings. The Morgan fingerprint density at radius 3 is 2.08 bits per heavy atom. The lowest BCUT2D eigenvalue weighted by atomic mass is 9.80. The van der Waals surface area contributed by atoms with Gasteiger partial charge in [0, 0.05) is 25.4 Å². The maximum Gasteiger partial charge on any atom is 0.227 e. The molecule has 1 N–H and O–H groups in total. The van der Waals surface area contributed by atoms with Crippen molar-refractivity contribution in [2.24, 2.45) is 5.41 Å². The summed E-state index contributed by atoms with van der Waals surface area (Å²) in [5, 5.41) is 3.13. The molecule has 1 saturated heterocycles. The van der Waals surface area contributed by atoms with Crippen molar-refractivity contribution in [2.45, 2.75) is 46.1 Å². The van der Waals surface area contributed by atoms with Crippen LogP contribution >= 0.6 is 0 Å². The van der Waals surface area contributed by atoms with E-state index in [1.54, 1.807) is 7.11 Å². The molecule has 1 aliphatic heterocycles. The second-order valence-corrected chi connectivity index (χ2v) is 7.53. The van der Waals surface area contributed by atoms with Crippen LogP contribution in [0.4, 0.5) is 0 Å². The Labute approximate surface area is 144 Å². The summed E-state index contributed by atoms with van der Waals surface area (Å²) in [6, 6.07) is 7.81. The van der Waals surface area contributed by atoms with Gasteiger partial charge in [-0.25, -0.2) is 0 Å². The van der Waals surface area contributed by atoms with Crippen molar-refractivity contribution < 1.29 is 14.3 Å². The van der Waals surface area contributed by atoms with E-state index >= 15 is 0 Å². The first-order valence-corrected chi connectivity index (χ1v) is 8.41. The summed E-state index contributed by atoms with van der Waals surface area (Å²) in [6.07, 6.45) is 1.42. The molecule has 1 aliphatic rings. The zero-order chi connectivity index (χ0) is 18.0. The number of carbonyl (C=O) groups is 2. The van der Waals surface area contributed by atoms with Gasteiger partial charge < -0.3 is 15.0 Å². The molecule has 2 rings (SSSR count). The van der Waals surface area contributed by atoms with Crippen LogP contribution in [-0.4, -0.2) is 36.9 Å². The van der Waals surface area contributed by atoms with Crippen molar-refractivity contribution >= 4 is 11.8 Å². The molecule has 1 fully saturated rings. The molecule has 24 heavy (non-hydrogen) atoms. The number of ether oxygens (including phenoxy) is 1. The first-order valence-electron chi connectivity index (χ1n) is 8.41.